The maximum atomic E-state index is 14.5. The lowest BCUT2D eigenvalue weighted by molar-refractivity contribution is -0.317. The van der Waals surface area contributed by atoms with Gasteiger partial charge in [-0.2, -0.15) is 0 Å². The number of rotatable bonds is 12. The number of carbonyl (C=O) groups excluding carboxylic acids is 2. The summed E-state index contributed by atoms with van der Waals surface area (Å²) in [5.74, 6) is -2.82. The second-order valence-corrected chi connectivity index (χ2v) is 21.3. The van der Waals surface area contributed by atoms with Crippen molar-refractivity contribution >= 4 is 12.1 Å². The van der Waals surface area contributed by atoms with Gasteiger partial charge in [-0.1, -0.05) is 55.8 Å². The summed E-state index contributed by atoms with van der Waals surface area (Å²) in [6.07, 6.45) is -7.95. The largest absolute Gasteiger partial charge is 0.459 e. The fourth-order valence-electron chi connectivity index (χ4n) is 10.6. The van der Waals surface area contributed by atoms with Crippen molar-refractivity contribution in [1.82, 2.24) is 30.1 Å². The van der Waals surface area contributed by atoms with Gasteiger partial charge in [0, 0.05) is 38.1 Å². The fourth-order valence-corrected chi connectivity index (χ4v) is 10.6. The molecular weight excluding hydrogens is 893 g/mol. The number of aliphatic hydroxyl groups is 4. The van der Waals surface area contributed by atoms with Crippen LogP contribution in [0.2, 0.25) is 0 Å². The van der Waals surface area contributed by atoms with E-state index in [1.54, 1.807) is 52.4 Å². The number of ether oxygens (including phenoxy) is 7. The molecule has 3 aliphatic rings. The number of carbonyl (C=O) groups is 2. The van der Waals surface area contributed by atoms with Gasteiger partial charge in [0.05, 0.1) is 55.2 Å². The summed E-state index contributed by atoms with van der Waals surface area (Å²) in [6.45, 7) is 20.6. The SMILES string of the molecule is CC[C@@H]1OC(=O)[C@H](C)[C@H](O[C@H]2C[C@@](C)(OC)[C@@H](OC(=O)NCc3cn(Cc4ccc(C)cc4)nn3)[C@H](C)O2)[C@H](C)[C@@H](O[C@@H]2O[C@H](C)C[C@H](N(C)C)[C@H]2O)[C@](C)(O)C[C@@H](C)CN(C)[C@H](C)[C@H](O)[C@]1(C)O. The van der Waals surface area contributed by atoms with Crippen molar-refractivity contribution in [2.75, 3.05) is 34.8 Å². The number of alkyl carbamates (subject to hydrolysis) is 1. The zero-order chi connectivity index (χ0) is 51.3. The molecule has 3 fully saturated rings. The van der Waals surface area contributed by atoms with Gasteiger partial charge in [-0.15, -0.1) is 5.10 Å². The van der Waals surface area contributed by atoms with Crippen molar-refractivity contribution in [3.8, 4) is 0 Å². The minimum atomic E-state index is -1.85. The van der Waals surface area contributed by atoms with Crippen LogP contribution in [0, 0.1) is 24.7 Å². The summed E-state index contributed by atoms with van der Waals surface area (Å²) < 4.78 is 46.4. The molecule has 2 aromatic rings. The zero-order valence-electron chi connectivity index (χ0n) is 43.7. The molecule has 18 atom stereocenters. The van der Waals surface area contributed by atoms with Crippen molar-refractivity contribution in [2.45, 2.75) is 205 Å². The zero-order valence-corrected chi connectivity index (χ0v) is 43.7. The molecule has 69 heavy (non-hydrogen) atoms. The first-order valence-electron chi connectivity index (χ1n) is 24.6. The molecule has 1 amide bonds. The lowest BCUT2D eigenvalue weighted by Crippen LogP contribution is -2.61. The van der Waals surface area contributed by atoms with E-state index < -0.39 is 102 Å². The average molecular weight is 977 g/mol. The summed E-state index contributed by atoms with van der Waals surface area (Å²) in [6, 6.07) is 7.23. The third kappa shape index (κ3) is 13.8. The number of aromatic nitrogens is 3. The number of likely N-dealkylation sites (N-methyl/N-ethyl adjacent to an activating group) is 2. The Bertz CT molecular complexity index is 1950. The molecule has 0 radical (unpaired) electrons. The minimum Gasteiger partial charge on any atom is -0.459 e. The van der Waals surface area contributed by atoms with Crippen LogP contribution in [0.25, 0.3) is 0 Å². The first-order valence-corrected chi connectivity index (χ1v) is 24.6. The Morgan fingerprint density at radius 3 is 2.28 bits per heavy atom. The van der Waals surface area contributed by atoms with Crippen LogP contribution in [-0.2, 0) is 51.0 Å². The van der Waals surface area contributed by atoms with Gasteiger partial charge in [0.25, 0.3) is 0 Å². The van der Waals surface area contributed by atoms with E-state index in [2.05, 4.69) is 15.6 Å². The van der Waals surface area contributed by atoms with Crippen molar-refractivity contribution in [2.24, 2.45) is 17.8 Å². The molecular formula is C50H84N6O13. The summed E-state index contributed by atoms with van der Waals surface area (Å²) in [7, 11) is 7.10. The third-order valence-corrected chi connectivity index (χ3v) is 14.9. The molecule has 0 unspecified atom stereocenters. The monoisotopic (exact) mass is 977 g/mol. The Morgan fingerprint density at radius 1 is 0.986 bits per heavy atom. The van der Waals surface area contributed by atoms with Crippen LogP contribution >= 0.6 is 0 Å². The van der Waals surface area contributed by atoms with Crippen LogP contribution in [0.15, 0.2) is 30.5 Å². The number of nitrogens with one attached hydrogen (secondary N) is 1. The van der Waals surface area contributed by atoms with E-state index in [1.807, 2.05) is 82.9 Å². The van der Waals surface area contributed by atoms with Crippen molar-refractivity contribution in [3.05, 3.63) is 47.3 Å². The number of esters is 1. The highest BCUT2D eigenvalue weighted by Gasteiger charge is 2.54. The maximum absolute atomic E-state index is 14.5. The Kier molecular flexibility index (Phi) is 19.2. The quantitative estimate of drug-likeness (QED) is 0.191. The number of amides is 1. The molecule has 1 aromatic heterocycles. The number of nitrogens with zero attached hydrogens (tertiary/aromatic N) is 5. The molecule has 392 valence electrons. The lowest BCUT2D eigenvalue weighted by Gasteiger charge is -2.49. The molecule has 5 rings (SSSR count). The highest BCUT2D eigenvalue weighted by molar-refractivity contribution is 5.73. The smallest absolute Gasteiger partial charge is 0.407 e. The number of aliphatic hydroxyl groups excluding tert-OH is 2. The molecule has 5 N–H and O–H groups in total. The maximum Gasteiger partial charge on any atom is 0.407 e. The average Bonchev–Trinajstić information content (AvgIpc) is 3.73. The van der Waals surface area contributed by atoms with Crippen LogP contribution in [0.3, 0.4) is 0 Å². The molecule has 3 saturated heterocycles. The van der Waals surface area contributed by atoms with Crippen molar-refractivity contribution in [1.29, 1.82) is 0 Å². The van der Waals surface area contributed by atoms with E-state index in [-0.39, 0.29) is 43.9 Å². The number of aryl methyl sites for hydroxylation is 1. The van der Waals surface area contributed by atoms with E-state index >= 15 is 0 Å². The lowest BCUT2D eigenvalue weighted by atomic mass is 9.77. The van der Waals surface area contributed by atoms with Gasteiger partial charge in [-0.3, -0.25) is 4.79 Å². The molecule has 3 aliphatic heterocycles. The number of methoxy groups -OCH3 is 1. The van der Waals surface area contributed by atoms with E-state index in [9.17, 15) is 30.0 Å². The predicted molar refractivity (Wildman–Crippen MR) is 256 cm³/mol. The topological polar surface area (TPSA) is 229 Å². The van der Waals surface area contributed by atoms with Crippen LogP contribution < -0.4 is 5.32 Å². The Hall–Kier alpha value is -3.34. The van der Waals surface area contributed by atoms with E-state index in [0.29, 0.717) is 25.2 Å². The van der Waals surface area contributed by atoms with E-state index in [4.69, 9.17) is 33.2 Å². The number of hydrogen-bond donors (Lipinski definition) is 5. The van der Waals surface area contributed by atoms with E-state index in [1.165, 1.54) is 14.0 Å². The molecule has 0 saturated carbocycles. The molecule has 19 heteroatoms. The number of benzene rings is 1. The Balaban J connectivity index is 1.43. The number of cyclic esters (lactones) is 1. The minimum absolute atomic E-state index is 0.0399. The van der Waals surface area contributed by atoms with Gasteiger partial charge in [0.15, 0.2) is 18.7 Å². The van der Waals surface area contributed by atoms with Crippen LogP contribution in [-0.4, -0.2) is 182 Å². The Morgan fingerprint density at radius 2 is 1.65 bits per heavy atom. The normalized spacial score (nSPS) is 40.1. The van der Waals surface area contributed by atoms with Crippen LogP contribution in [0.1, 0.15) is 112 Å². The number of hydrogen-bond acceptors (Lipinski definition) is 17. The molecule has 1 aromatic carbocycles. The molecule has 19 nitrogen and oxygen atoms in total. The van der Waals surface area contributed by atoms with Gasteiger partial charge in [-0.25, -0.2) is 9.48 Å². The van der Waals surface area contributed by atoms with Crippen molar-refractivity contribution < 1.29 is 63.2 Å². The Labute approximate surface area is 409 Å². The van der Waals surface area contributed by atoms with E-state index in [0.717, 1.165) is 11.1 Å². The molecule has 0 bridgehead atoms. The summed E-state index contributed by atoms with van der Waals surface area (Å²) in [5.41, 5.74) is -1.87. The molecule has 4 heterocycles. The van der Waals surface area contributed by atoms with Crippen LogP contribution in [0.5, 0.6) is 0 Å². The highest BCUT2D eigenvalue weighted by Crippen LogP contribution is 2.41. The predicted octanol–water partition coefficient (Wildman–Crippen LogP) is 3.78. The van der Waals surface area contributed by atoms with Gasteiger partial charge in [0.1, 0.15) is 35.2 Å². The standard InChI is InChI=1S/C50H84N6O13/c1-16-38-50(11,62)42(58)33(7)55(14)25-29(3)22-48(9,61)43(68-46-40(57)37(54(12)13)21-30(4)64-46)31(5)41(32(6)45(59)66-38)67-39-23-49(10,63-15)44(34(8)65-39)69-47(60)51-24-36-27-56(53-52-36)26-35-19-17-28(2)18-20-35/h17-20,27,29-34,37-44,46,57-58,61-62H,16,21-26H2,1-15H3,(H,51,60)/t29-,30-,31+,32-,33-,34+,37+,38+,39+,40-,41-,42+,43-,44+,46+,48-,49-,50-/m1/s1. The van der Waals surface area contributed by atoms with Crippen LogP contribution in [0.4, 0.5) is 4.79 Å². The van der Waals surface area contributed by atoms with Gasteiger partial charge >= 0.3 is 12.1 Å². The molecule has 0 spiro atoms. The van der Waals surface area contributed by atoms with Gasteiger partial charge in [-0.05, 0) is 107 Å². The summed E-state index contributed by atoms with van der Waals surface area (Å²) in [5, 5.41) is 59.2. The first-order chi connectivity index (χ1) is 32.2. The fraction of sp³-hybridized carbons (Fsp3) is 0.800. The second kappa shape index (κ2) is 23.5. The molecule has 0 aliphatic carbocycles. The van der Waals surface area contributed by atoms with Gasteiger partial charge < -0.3 is 68.7 Å². The second-order valence-electron chi connectivity index (χ2n) is 21.3. The third-order valence-electron chi connectivity index (χ3n) is 14.9. The summed E-state index contributed by atoms with van der Waals surface area (Å²) >= 11 is 0. The van der Waals surface area contributed by atoms with Crippen molar-refractivity contribution in [3.63, 3.8) is 0 Å². The first kappa shape index (κ1) is 56.6. The highest BCUT2D eigenvalue weighted by atomic mass is 16.7. The summed E-state index contributed by atoms with van der Waals surface area (Å²) in [4.78, 5) is 31.8. The van der Waals surface area contributed by atoms with Gasteiger partial charge in [0.2, 0.25) is 0 Å².